The maximum Gasteiger partial charge on any atom is 0.306 e. The standard InChI is InChI=1S/C60H105N2O7P/c1-7-10-13-16-19-22-25-28-29-30-31-32-33-35-37-40-43-46-49-52-59(63)61-57(56-68-70(65,66)67-55-54-62(4,5)6)58(51-48-45-42-39-36-27-24-21-18-15-12-9-3)69-60(64)53-50-47-44-41-38-34-26-23-20-17-14-11-8-2/h10,13,19,22,28-29,31-32,34-35,37-38,43,46,48,51,57-58H,7-9,11-12,14-18,20-21,23-27,30,33,36,39-42,44-45,47,49-50,52-56H2,1-6H3,(H-,61,63,65,66)/b13-10-,22-19-,29-28-,32-31-,37-35-,38-34-,46-43-,51-48-. The predicted molar refractivity (Wildman–Crippen MR) is 297 cm³/mol. The van der Waals surface area contributed by atoms with E-state index in [4.69, 9.17) is 13.8 Å². The Kier molecular flexibility index (Phi) is 47.3. The van der Waals surface area contributed by atoms with Crippen LogP contribution >= 0.6 is 7.82 Å². The van der Waals surface area contributed by atoms with Crippen molar-refractivity contribution in [2.45, 2.75) is 232 Å². The molecular formula is C60H105N2O7P. The molecular weight excluding hydrogens is 892 g/mol. The van der Waals surface area contributed by atoms with Crippen LogP contribution in [0.2, 0.25) is 0 Å². The molecule has 10 heteroatoms. The second-order valence-electron chi connectivity index (χ2n) is 19.7. The molecule has 402 valence electrons. The fourth-order valence-corrected chi connectivity index (χ4v) is 8.14. The summed E-state index contributed by atoms with van der Waals surface area (Å²) in [6.45, 7) is 6.63. The van der Waals surface area contributed by atoms with Crippen molar-refractivity contribution in [1.29, 1.82) is 0 Å². The van der Waals surface area contributed by atoms with E-state index in [0.29, 0.717) is 23.9 Å². The zero-order chi connectivity index (χ0) is 51.5. The summed E-state index contributed by atoms with van der Waals surface area (Å²) in [6.07, 6.45) is 65.3. The Labute approximate surface area is 430 Å². The van der Waals surface area contributed by atoms with Crippen LogP contribution in [0.15, 0.2) is 97.2 Å². The van der Waals surface area contributed by atoms with E-state index in [-0.39, 0.29) is 31.3 Å². The fourth-order valence-electron chi connectivity index (χ4n) is 7.42. The lowest BCUT2D eigenvalue weighted by molar-refractivity contribution is -0.870. The van der Waals surface area contributed by atoms with Gasteiger partial charge in [0.2, 0.25) is 5.91 Å². The number of amides is 1. The molecule has 0 aromatic carbocycles. The van der Waals surface area contributed by atoms with E-state index in [1.54, 1.807) is 6.08 Å². The van der Waals surface area contributed by atoms with E-state index in [1.807, 2.05) is 39.4 Å². The van der Waals surface area contributed by atoms with Crippen molar-refractivity contribution in [3.8, 4) is 0 Å². The van der Waals surface area contributed by atoms with Crippen LogP contribution < -0.4 is 10.2 Å². The molecule has 3 unspecified atom stereocenters. The molecule has 0 heterocycles. The Morgan fingerprint density at radius 3 is 1.40 bits per heavy atom. The van der Waals surface area contributed by atoms with Gasteiger partial charge in [-0.15, -0.1) is 0 Å². The van der Waals surface area contributed by atoms with Gasteiger partial charge in [0.1, 0.15) is 19.3 Å². The molecule has 9 nitrogen and oxygen atoms in total. The first-order valence-electron chi connectivity index (χ1n) is 28.0. The number of phosphoric acid groups is 1. The van der Waals surface area contributed by atoms with Gasteiger partial charge in [0.25, 0.3) is 7.82 Å². The number of hydrogen-bond acceptors (Lipinski definition) is 7. The van der Waals surface area contributed by atoms with E-state index in [1.165, 1.54) is 89.9 Å². The Morgan fingerprint density at radius 2 is 0.929 bits per heavy atom. The minimum Gasteiger partial charge on any atom is -0.756 e. The molecule has 0 saturated heterocycles. The molecule has 0 aliphatic heterocycles. The Morgan fingerprint density at radius 1 is 0.514 bits per heavy atom. The molecule has 0 aromatic rings. The monoisotopic (exact) mass is 997 g/mol. The number of nitrogens with zero attached hydrogens (tertiary/aromatic N) is 1. The van der Waals surface area contributed by atoms with Crippen LogP contribution in [0, 0.1) is 0 Å². The molecule has 0 rings (SSSR count). The number of carbonyl (C=O) groups excluding carboxylic acids is 2. The molecule has 70 heavy (non-hydrogen) atoms. The fraction of sp³-hybridized carbons (Fsp3) is 0.700. The molecule has 0 aliphatic carbocycles. The highest BCUT2D eigenvalue weighted by molar-refractivity contribution is 7.45. The number of esters is 1. The Hall–Kier alpha value is -3.07. The zero-order valence-corrected chi connectivity index (χ0v) is 46.6. The minimum absolute atomic E-state index is 0.0423. The first-order valence-corrected chi connectivity index (χ1v) is 29.5. The van der Waals surface area contributed by atoms with Gasteiger partial charge in [-0.1, -0.05) is 208 Å². The largest absolute Gasteiger partial charge is 0.756 e. The van der Waals surface area contributed by atoms with Gasteiger partial charge in [-0.3, -0.25) is 14.2 Å². The molecule has 0 bridgehead atoms. The quantitative estimate of drug-likeness (QED) is 0.0212. The van der Waals surface area contributed by atoms with Crippen LogP contribution in [-0.2, 0) is 27.9 Å². The summed E-state index contributed by atoms with van der Waals surface area (Å²) in [5.41, 5.74) is 0. The van der Waals surface area contributed by atoms with Gasteiger partial charge in [-0.05, 0) is 96.0 Å². The molecule has 0 aromatic heterocycles. The maximum absolute atomic E-state index is 13.4. The smallest absolute Gasteiger partial charge is 0.306 e. The van der Waals surface area contributed by atoms with E-state index in [9.17, 15) is 19.0 Å². The summed E-state index contributed by atoms with van der Waals surface area (Å²) in [5, 5.41) is 2.96. The summed E-state index contributed by atoms with van der Waals surface area (Å²) < 4.78 is 30.1. The highest BCUT2D eigenvalue weighted by Gasteiger charge is 2.27. The number of ether oxygens (including phenoxy) is 1. The zero-order valence-electron chi connectivity index (χ0n) is 45.7. The van der Waals surface area contributed by atoms with Crippen molar-refractivity contribution in [1.82, 2.24) is 5.32 Å². The first-order chi connectivity index (χ1) is 33.9. The molecule has 0 saturated carbocycles. The lowest BCUT2D eigenvalue weighted by Gasteiger charge is -2.30. The third-order valence-electron chi connectivity index (χ3n) is 11.8. The molecule has 3 atom stereocenters. The lowest BCUT2D eigenvalue weighted by Crippen LogP contribution is -2.47. The number of phosphoric ester groups is 1. The summed E-state index contributed by atoms with van der Waals surface area (Å²) in [7, 11) is 1.12. The van der Waals surface area contributed by atoms with E-state index in [0.717, 1.165) is 83.5 Å². The van der Waals surface area contributed by atoms with Gasteiger partial charge in [0.15, 0.2) is 0 Å². The normalized spacial score (nSPS) is 14.6. The first kappa shape index (κ1) is 66.9. The van der Waals surface area contributed by atoms with Gasteiger partial charge in [-0.2, -0.15) is 0 Å². The summed E-state index contributed by atoms with van der Waals surface area (Å²) in [5.74, 6) is -0.664. The number of nitrogens with one attached hydrogen (secondary N) is 1. The number of hydrogen-bond donors (Lipinski definition) is 1. The van der Waals surface area contributed by atoms with Gasteiger partial charge < -0.3 is 28.5 Å². The van der Waals surface area contributed by atoms with Gasteiger partial charge in [0.05, 0.1) is 33.8 Å². The van der Waals surface area contributed by atoms with Crippen LogP contribution in [-0.4, -0.2) is 69.4 Å². The van der Waals surface area contributed by atoms with Crippen molar-refractivity contribution in [3.63, 3.8) is 0 Å². The van der Waals surface area contributed by atoms with Crippen molar-refractivity contribution in [2.24, 2.45) is 0 Å². The van der Waals surface area contributed by atoms with Crippen LogP contribution in [0.5, 0.6) is 0 Å². The van der Waals surface area contributed by atoms with Gasteiger partial charge in [0, 0.05) is 12.8 Å². The predicted octanol–water partition coefficient (Wildman–Crippen LogP) is 16.2. The van der Waals surface area contributed by atoms with Gasteiger partial charge in [-0.25, -0.2) is 0 Å². The van der Waals surface area contributed by atoms with Crippen LogP contribution in [0.1, 0.15) is 220 Å². The Bertz CT molecular complexity index is 1520. The lowest BCUT2D eigenvalue weighted by atomic mass is 10.1. The second kappa shape index (κ2) is 49.5. The molecule has 0 fully saturated rings. The van der Waals surface area contributed by atoms with Crippen LogP contribution in [0.25, 0.3) is 0 Å². The number of carbonyl (C=O) groups is 2. The van der Waals surface area contributed by atoms with E-state index in [2.05, 4.69) is 99.0 Å². The number of rotatable bonds is 49. The Balaban J connectivity index is 5.51. The highest BCUT2D eigenvalue weighted by atomic mass is 31.2. The number of allylic oxidation sites excluding steroid dienone is 15. The summed E-state index contributed by atoms with van der Waals surface area (Å²) >= 11 is 0. The average molecular weight is 997 g/mol. The van der Waals surface area contributed by atoms with E-state index < -0.39 is 26.6 Å². The van der Waals surface area contributed by atoms with Crippen molar-refractivity contribution < 1.29 is 37.3 Å². The number of quaternary nitrogens is 1. The van der Waals surface area contributed by atoms with Crippen molar-refractivity contribution in [2.75, 3.05) is 40.9 Å². The maximum atomic E-state index is 13.4. The third kappa shape index (κ3) is 49.9. The van der Waals surface area contributed by atoms with E-state index >= 15 is 0 Å². The van der Waals surface area contributed by atoms with Crippen LogP contribution in [0.4, 0.5) is 0 Å². The molecule has 1 amide bonds. The molecule has 0 radical (unpaired) electrons. The molecule has 0 aliphatic rings. The van der Waals surface area contributed by atoms with Crippen LogP contribution in [0.3, 0.4) is 0 Å². The minimum atomic E-state index is -4.72. The van der Waals surface area contributed by atoms with Gasteiger partial charge >= 0.3 is 5.97 Å². The average Bonchev–Trinajstić information content (AvgIpc) is 3.32. The topological polar surface area (TPSA) is 114 Å². The molecule has 0 spiro atoms. The third-order valence-corrected chi connectivity index (χ3v) is 12.7. The van der Waals surface area contributed by atoms with Crippen molar-refractivity contribution >= 4 is 19.7 Å². The SMILES string of the molecule is CC/C=C\C/C=C\C/C=C\C/C=C\C/C=C\C/C=C\CCC(=O)NC(COP(=O)([O-])OCC[N+](C)(C)C)C(/C=C\CCCCCCCCCCCC)OC(=O)CCCCC/C=C\CCCCCCCC. The second-order valence-corrected chi connectivity index (χ2v) is 21.1. The molecule has 1 N–H and O–H groups in total. The number of unbranched alkanes of at least 4 members (excludes halogenated alkanes) is 19. The number of likely N-dealkylation sites (N-methyl/N-ethyl adjacent to an activating group) is 1. The summed E-state index contributed by atoms with van der Waals surface area (Å²) in [6, 6.07) is -0.938. The highest BCUT2D eigenvalue weighted by Crippen LogP contribution is 2.38. The summed E-state index contributed by atoms with van der Waals surface area (Å²) in [4.78, 5) is 39.7. The van der Waals surface area contributed by atoms with Crippen molar-refractivity contribution in [3.05, 3.63) is 97.2 Å².